The molecule has 1 amide bonds. The zero-order valence-corrected chi connectivity index (χ0v) is 21.5. The van der Waals surface area contributed by atoms with Crippen LogP contribution in [0.4, 0.5) is 0 Å². The molecule has 202 valence electrons. The summed E-state index contributed by atoms with van der Waals surface area (Å²) in [4.78, 5) is 16.1. The van der Waals surface area contributed by atoms with Gasteiger partial charge in [-0.25, -0.2) is 8.42 Å². The number of benzene rings is 2. The molecule has 0 aromatic heterocycles. The van der Waals surface area contributed by atoms with Crippen LogP contribution in [0.2, 0.25) is 0 Å². The minimum Gasteiger partial charge on any atom is -0.394 e. The Morgan fingerprint density at radius 3 is 2.38 bits per heavy atom. The zero-order chi connectivity index (χ0) is 27.0. The molecule has 2 aromatic carbocycles. The number of aryl methyl sites for hydroxylation is 1. The van der Waals surface area contributed by atoms with Crippen LogP contribution in [0.25, 0.3) is 0 Å². The van der Waals surface area contributed by atoms with Crippen molar-refractivity contribution in [2.24, 2.45) is 4.99 Å². The van der Waals surface area contributed by atoms with Crippen LogP contribution in [-0.4, -0.2) is 79.3 Å². The first kappa shape index (κ1) is 28.7. The van der Waals surface area contributed by atoms with Crippen LogP contribution in [0.3, 0.4) is 0 Å². The molecule has 1 aliphatic rings. The van der Waals surface area contributed by atoms with Crippen LogP contribution in [0.1, 0.15) is 24.5 Å². The molecule has 5 atom stereocenters. The number of ether oxygens (including phenoxy) is 2. The molecule has 1 aliphatic heterocycles. The van der Waals surface area contributed by atoms with Gasteiger partial charge < -0.3 is 30.1 Å². The molecule has 1 heterocycles. The van der Waals surface area contributed by atoms with Crippen molar-refractivity contribution in [2.45, 2.75) is 62.4 Å². The Kier molecular flexibility index (Phi) is 10.1. The molecular formula is C25H33N3O8S. The largest absolute Gasteiger partial charge is 0.394 e. The Balaban J connectivity index is 1.75. The second kappa shape index (κ2) is 13.1. The second-order valence-electron chi connectivity index (χ2n) is 8.72. The lowest BCUT2D eigenvalue weighted by Crippen LogP contribution is -2.64. The van der Waals surface area contributed by atoms with Gasteiger partial charge in [0.2, 0.25) is 5.91 Å². The third-order valence-electron chi connectivity index (χ3n) is 5.75. The Hall–Kier alpha value is -2.87. The van der Waals surface area contributed by atoms with Gasteiger partial charge in [-0.15, -0.1) is 0 Å². The first-order valence-electron chi connectivity index (χ1n) is 11.8. The van der Waals surface area contributed by atoms with Crippen molar-refractivity contribution in [2.75, 3.05) is 13.2 Å². The summed E-state index contributed by atoms with van der Waals surface area (Å²) in [6.07, 6.45) is -5.20. The van der Waals surface area contributed by atoms with Crippen molar-refractivity contribution in [3.63, 3.8) is 0 Å². The molecule has 0 saturated carbocycles. The molecule has 11 nitrogen and oxygen atoms in total. The molecule has 5 N–H and O–H groups in total. The van der Waals surface area contributed by atoms with Gasteiger partial charge in [0.1, 0.15) is 30.2 Å². The van der Waals surface area contributed by atoms with Crippen LogP contribution in [0.5, 0.6) is 0 Å². The summed E-state index contributed by atoms with van der Waals surface area (Å²) in [5.74, 6) is -0.345. The molecule has 0 spiro atoms. The number of aliphatic hydroxyl groups is 3. The second-order valence-corrected chi connectivity index (χ2v) is 10.4. The number of nitrogens with zero attached hydrogens (tertiary/aromatic N) is 1. The predicted octanol–water partition coefficient (Wildman–Crippen LogP) is 0.222. The minimum atomic E-state index is -3.92. The molecule has 1 fully saturated rings. The summed E-state index contributed by atoms with van der Waals surface area (Å²) >= 11 is 0. The number of aliphatic hydroxyl groups excluding tert-OH is 3. The highest BCUT2D eigenvalue weighted by Crippen LogP contribution is 2.22. The summed E-state index contributed by atoms with van der Waals surface area (Å²) in [6, 6.07) is 14.6. The number of amides is 1. The minimum absolute atomic E-state index is 0.0209. The first-order valence-corrected chi connectivity index (χ1v) is 13.3. The van der Waals surface area contributed by atoms with Crippen LogP contribution in [0, 0.1) is 6.92 Å². The molecule has 0 radical (unpaired) electrons. The van der Waals surface area contributed by atoms with Crippen molar-refractivity contribution >= 4 is 21.8 Å². The topological polar surface area (TPSA) is 167 Å². The van der Waals surface area contributed by atoms with Crippen LogP contribution < -0.4 is 10.0 Å². The Bertz CT molecular complexity index is 1160. The fraction of sp³-hybridized carbons (Fsp3) is 0.440. The van der Waals surface area contributed by atoms with Crippen LogP contribution >= 0.6 is 0 Å². The van der Waals surface area contributed by atoms with Gasteiger partial charge in [0, 0.05) is 13.3 Å². The van der Waals surface area contributed by atoms with E-state index >= 15 is 0 Å². The van der Waals surface area contributed by atoms with E-state index in [9.17, 15) is 28.5 Å². The quantitative estimate of drug-likeness (QED) is 0.213. The lowest BCUT2D eigenvalue weighted by Gasteiger charge is -2.42. The van der Waals surface area contributed by atoms with E-state index in [-0.39, 0.29) is 30.3 Å². The first-order chi connectivity index (χ1) is 17.6. The molecule has 12 heteroatoms. The van der Waals surface area contributed by atoms with Crippen LogP contribution in [0.15, 0.2) is 64.5 Å². The van der Waals surface area contributed by atoms with Gasteiger partial charge in [0.15, 0.2) is 6.29 Å². The average Bonchev–Trinajstić information content (AvgIpc) is 2.87. The SMILES string of the molecule is CC(=O)N[C@H]1[C@@H](OCCC(=NCc2ccccc2)NS(=O)(=O)c2ccc(C)cc2)O[C@H](CO)[C@@H](O)[C@@H]1O. The van der Waals surface area contributed by atoms with E-state index in [4.69, 9.17) is 9.47 Å². The van der Waals surface area contributed by atoms with E-state index in [0.717, 1.165) is 11.1 Å². The highest BCUT2D eigenvalue weighted by molar-refractivity contribution is 7.90. The van der Waals surface area contributed by atoms with Crippen LogP contribution in [-0.2, 0) is 30.8 Å². The highest BCUT2D eigenvalue weighted by atomic mass is 32.2. The van der Waals surface area contributed by atoms with Gasteiger partial charge in [-0.05, 0) is 24.6 Å². The van der Waals surface area contributed by atoms with Gasteiger partial charge in [-0.3, -0.25) is 14.5 Å². The third kappa shape index (κ3) is 8.06. The van der Waals surface area contributed by atoms with Crippen molar-refractivity contribution in [1.82, 2.24) is 10.0 Å². The van der Waals surface area contributed by atoms with Gasteiger partial charge in [0.25, 0.3) is 10.0 Å². The Morgan fingerprint density at radius 2 is 1.76 bits per heavy atom. The van der Waals surface area contributed by atoms with Crippen molar-refractivity contribution in [3.8, 4) is 0 Å². The lowest BCUT2D eigenvalue weighted by molar-refractivity contribution is -0.269. The number of carbonyl (C=O) groups excluding carboxylic acids is 1. The smallest absolute Gasteiger partial charge is 0.262 e. The number of rotatable bonds is 10. The number of nitrogens with one attached hydrogen (secondary N) is 2. The maximum absolute atomic E-state index is 13.0. The number of hydrogen-bond acceptors (Lipinski definition) is 9. The van der Waals surface area contributed by atoms with E-state index in [2.05, 4.69) is 15.0 Å². The van der Waals surface area contributed by atoms with E-state index in [1.54, 1.807) is 12.1 Å². The number of carbonyl (C=O) groups is 1. The van der Waals surface area contributed by atoms with Gasteiger partial charge in [0.05, 0.1) is 24.7 Å². The summed E-state index contributed by atoms with van der Waals surface area (Å²) in [7, 11) is -3.92. The predicted molar refractivity (Wildman–Crippen MR) is 135 cm³/mol. The summed E-state index contributed by atoms with van der Waals surface area (Å²) in [6.45, 7) is 2.63. The summed E-state index contributed by atoms with van der Waals surface area (Å²) in [5.41, 5.74) is 1.79. The average molecular weight is 536 g/mol. The van der Waals surface area contributed by atoms with E-state index in [1.807, 2.05) is 37.3 Å². The molecule has 2 aromatic rings. The number of amidine groups is 1. The van der Waals surface area contributed by atoms with Crippen molar-refractivity contribution in [3.05, 3.63) is 65.7 Å². The summed E-state index contributed by atoms with van der Waals surface area (Å²) < 4.78 is 39.7. The standard InChI is InChI=1S/C25H33N3O8S/c1-16-8-10-19(11-9-16)37(33,34)28-21(26-14-18-6-4-3-5-7-18)12-13-35-25-22(27-17(2)30)24(32)23(31)20(15-29)36-25/h3-11,20,22-25,29,31-32H,12-15H2,1-2H3,(H,26,28)(H,27,30)/t20-,22-,23-,24-,25+/m1/s1. The molecule has 0 aliphatic carbocycles. The third-order valence-corrected chi connectivity index (χ3v) is 7.15. The number of sulfonamides is 1. The molecule has 1 saturated heterocycles. The van der Waals surface area contributed by atoms with Gasteiger partial charge in [-0.1, -0.05) is 48.0 Å². The molecule has 37 heavy (non-hydrogen) atoms. The number of aliphatic imine (C=N–C) groups is 1. The van der Waals surface area contributed by atoms with Gasteiger partial charge in [-0.2, -0.15) is 0 Å². The maximum atomic E-state index is 13.0. The van der Waals surface area contributed by atoms with E-state index < -0.39 is 53.2 Å². The normalized spacial score (nSPS) is 24.5. The molecular weight excluding hydrogens is 502 g/mol. The highest BCUT2D eigenvalue weighted by Gasteiger charge is 2.45. The fourth-order valence-electron chi connectivity index (χ4n) is 3.75. The van der Waals surface area contributed by atoms with Crippen molar-refractivity contribution in [1.29, 1.82) is 0 Å². The monoisotopic (exact) mass is 535 g/mol. The lowest BCUT2D eigenvalue weighted by atomic mass is 9.97. The van der Waals surface area contributed by atoms with E-state index in [0.29, 0.717) is 0 Å². The molecule has 0 bridgehead atoms. The number of hydrogen-bond donors (Lipinski definition) is 5. The van der Waals surface area contributed by atoms with E-state index in [1.165, 1.54) is 19.1 Å². The molecule has 0 unspecified atom stereocenters. The summed E-state index contributed by atoms with van der Waals surface area (Å²) in [5, 5.41) is 32.5. The fourth-order valence-corrected chi connectivity index (χ4v) is 4.84. The van der Waals surface area contributed by atoms with Gasteiger partial charge >= 0.3 is 0 Å². The van der Waals surface area contributed by atoms with Crippen molar-refractivity contribution < 1.29 is 38.0 Å². The Morgan fingerprint density at radius 1 is 1.08 bits per heavy atom. The Labute approximate surface area is 216 Å². The zero-order valence-electron chi connectivity index (χ0n) is 20.6. The molecule has 3 rings (SSSR count). The maximum Gasteiger partial charge on any atom is 0.262 e.